The van der Waals surface area contributed by atoms with Gasteiger partial charge in [0, 0.05) is 31.9 Å². The Morgan fingerprint density at radius 2 is 1.48 bits per heavy atom. The molecule has 31 heavy (non-hydrogen) atoms. The fourth-order valence-corrected chi connectivity index (χ4v) is 5.72. The van der Waals surface area contributed by atoms with Gasteiger partial charge in [0.1, 0.15) is 0 Å². The van der Waals surface area contributed by atoms with E-state index in [0.29, 0.717) is 18.8 Å². The lowest BCUT2D eigenvalue weighted by atomic mass is 10.1. The van der Waals surface area contributed by atoms with Crippen molar-refractivity contribution < 1.29 is 13.2 Å². The number of piperidine rings is 1. The number of carbonyl (C=O) groups excluding carboxylic acids is 1. The van der Waals surface area contributed by atoms with Crippen molar-refractivity contribution in [3.05, 3.63) is 48.5 Å². The number of nitrogens with one attached hydrogen (secondary N) is 2. The molecule has 0 aromatic heterocycles. The summed E-state index contributed by atoms with van der Waals surface area (Å²) in [5.74, 6) is -0.177. The molecule has 0 aliphatic carbocycles. The van der Waals surface area contributed by atoms with Crippen LogP contribution < -0.4 is 15.5 Å². The monoisotopic (exact) mass is 442 g/mol. The smallest absolute Gasteiger partial charge is 0.243 e. The predicted octanol–water partition coefficient (Wildman–Crippen LogP) is 3.51. The van der Waals surface area contributed by atoms with Crippen molar-refractivity contribution in [2.24, 2.45) is 0 Å². The lowest BCUT2D eigenvalue weighted by molar-refractivity contribution is -0.114. The summed E-state index contributed by atoms with van der Waals surface area (Å²) in [5.41, 5.74) is 2.66. The van der Waals surface area contributed by atoms with Gasteiger partial charge < -0.3 is 15.5 Å². The van der Waals surface area contributed by atoms with Crippen LogP contribution in [-0.4, -0.2) is 51.4 Å². The molecule has 8 heteroatoms. The van der Waals surface area contributed by atoms with Gasteiger partial charge in [0.15, 0.2) is 0 Å². The van der Waals surface area contributed by atoms with Crippen LogP contribution in [0.5, 0.6) is 0 Å². The lowest BCUT2D eigenvalue weighted by Gasteiger charge is -2.30. The van der Waals surface area contributed by atoms with Crippen molar-refractivity contribution in [3.63, 3.8) is 0 Å². The molecule has 166 valence electrons. The first kappa shape index (κ1) is 21.6. The number of carbonyl (C=O) groups is 1. The van der Waals surface area contributed by atoms with Crippen LogP contribution in [0.4, 0.5) is 17.1 Å². The Kier molecular flexibility index (Phi) is 6.77. The second-order valence-corrected chi connectivity index (χ2v) is 10.0. The zero-order valence-corrected chi connectivity index (χ0v) is 18.5. The quantitative estimate of drug-likeness (QED) is 0.686. The highest BCUT2D eigenvalue weighted by Gasteiger charge is 2.27. The molecular weight excluding hydrogens is 412 g/mol. The molecule has 0 spiro atoms. The van der Waals surface area contributed by atoms with Gasteiger partial charge in [0.2, 0.25) is 15.9 Å². The molecule has 2 heterocycles. The maximum Gasteiger partial charge on any atom is 0.243 e. The van der Waals surface area contributed by atoms with E-state index in [2.05, 4.69) is 21.6 Å². The van der Waals surface area contributed by atoms with Crippen molar-refractivity contribution in [2.75, 3.05) is 48.3 Å². The van der Waals surface area contributed by atoms with E-state index in [-0.39, 0.29) is 17.3 Å². The third-order valence-electron chi connectivity index (χ3n) is 5.88. The molecular formula is C23H30N4O3S. The topological polar surface area (TPSA) is 81.8 Å². The third-order valence-corrected chi connectivity index (χ3v) is 7.79. The summed E-state index contributed by atoms with van der Waals surface area (Å²) in [7, 11) is -3.44. The van der Waals surface area contributed by atoms with Gasteiger partial charge in [-0.05, 0) is 68.5 Å². The van der Waals surface area contributed by atoms with Crippen LogP contribution in [0, 0.1) is 0 Å². The SMILES string of the molecule is O=C(CNc1ccccc1N1CCCCC1)Nc1ccc(S(=O)(=O)N2CCCC2)cc1. The van der Waals surface area contributed by atoms with E-state index in [9.17, 15) is 13.2 Å². The summed E-state index contributed by atoms with van der Waals surface area (Å²) in [4.78, 5) is 15.1. The van der Waals surface area contributed by atoms with E-state index in [4.69, 9.17) is 0 Å². The minimum atomic E-state index is -3.44. The molecule has 2 aliphatic rings. The van der Waals surface area contributed by atoms with Crippen molar-refractivity contribution in [1.82, 2.24) is 4.31 Å². The predicted molar refractivity (Wildman–Crippen MR) is 124 cm³/mol. The molecule has 4 rings (SSSR count). The van der Waals surface area contributed by atoms with E-state index >= 15 is 0 Å². The van der Waals surface area contributed by atoms with Gasteiger partial charge in [-0.1, -0.05) is 12.1 Å². The maximum atomic E-state index is 12.6. The van der Waals surface area contributed by atoms with Gasteiger partial charge >= 0.3 is 0 Å². The Labute approximate surface area is 184 Å². The molecule has 2 fully saturated rings. The van der Waals surface area contributed by atoms with Gasteiger partial charge in [-0.25, -0.2) is 8.42 Å². The zero-order chi connectivity index (χ0) is 21.7. The lowest BCUT2D eigenvalue weighted by Crippen LogP contribution is -2.30. The standard InChI is InChI=1S/C23H30N4O3S/c28-23(18-24-21-8-2-3-9-22(21)26-14-4-1-5-15-26)25-19-10-12-20(13-11-19)31(29,30)27-16-6-7-17-27/h2-3,8-13,24H,1,4-7,14-18H2,(H,25,28). The number of amides is 1. The summed E-state index contributed by atoms with van der Waals surface area (Å²) in [6, 6.07) is 14.5. The van der Waals surface area contributed by atoms with Gasteiger partial charge in [-0.2, -0.15) is 4.31 Å². The molecule has 2 aromatic rings. The van der Waals surface area contributed by atoms with Crippen LogP contribution in [0.15, 0.2) is 53.4 Å². The molecule has 0 atom stereocenters. The largest absolute Gasteiger partial charge is 0.374 e. The first-order chi connectivity index (χ1) is 15.0. The molecule has 7 nitrogen and oxygen atoms in total. The molecule has 2 N–H and O–H groups in total. The Morgan fingerprint density at radius 1 is 0.839 bits per heavy atom. The van der Waals surface area contributed by atoms with E-state index in [1.807, 2.05) is 18.2 Å². The van der Waals surface area contributed by atoms with Crippen molar-refractivity contribution in [3.8, 4) is 0 Å². The fourth-order valence-electron chi connectivity index (χ4n) is 4.20. The molecule has 0 bridgehead atoms. The van der Waals surface area contributed by atoms with Gasteiger partial charge in [0.05, 0.1) is 22.8 Å². The molecule has 0 saturated carbocycles. The Bertz CT molecular complexity index is 996. The number of rotatable bonds is 7. The summed E-state index contributed by atoms with van der Waals surface area (Å²) in [5, 5.41) is 6.08. The highest BCUT2D eigenvalue weighted by atomic mass is 32.2. The number of anilines is 3. The molecule has 0 radical (unpaired) electrons. The second kappa shape index (κ2) is 9.70. The van der Waals surface area contributed by atoms with Crippen LogP contribution in [-0.2, 0) is 14.8 Å². The summed E-state index contributed by atoms with van der Waals surface area (Å²) in [6.45, 7) is 3.37. The number of nitrogens with zero attached hydrogens (tertiary/aromatic N) is 2. The first-order valence-electron chi connectivity index (χ1n) is 11.0. The third kappa shape index (κ3) is 5.19. The minimum Gasteiger partial charge on any atom is -0.374 e. The number of hydrogen-bond donors (Lipinski definition) is 2. The Balaban J connectivity index is 1.34. The highest BCUT2D eigenvalue weighted by Crippen LogP contribution is 2.28. The fraction of sp³-hybridized carbons (Fsp3) is 0.435. The Morgan fingerprint density at radius 3 is 2.19 bits per heavy atom. The number of para-hydroxylation sites is 2. The summed E-state index contributed by atoms with van der Waals surface area (Å²) >= 11 is 0. The van der Waals surface area contributed by atoms with Crippen LogP contribution in [0.25, 0.3) is 0 Å². The van der Waals surface area contributed by atoms with Crippen molar-refractivity contribution >= 4 is 33.0 Å². The van der Waals surface area contributed by atoms with Crippen LogP contribution >= 0.6 is 0 Å². The zero-order valence-electron chi connectivity index (χ0n) is 17.7. The van der Waals surface area contributed by atoms with E-state index in [1.54, 1.807) is 24.3 Å². The number of hydrogen-bond acceptors (Lipinski definition) is 5. The van der Waals surface area contributed by atoms with Crippen molar-refractivity contribution in [1.29, 1.82) is 0 Å². The molecule has 2 aromatic carbocycles. The second-order valence-electron chi connectivity index (χ2n) is 8.10. The molecule has 2 aliphatic heterocycles. The molecule has 2 saturated heterocycles. The summed E-state index contributed by atoms with van der Waals surface area (Å²) in [6.07, 6.45) is 5.46. The first-order valence-corrected chi connectivity index (χ1v) is 12.5. The van der Waals surface area contributed by atoms with E-state index in [1.165, 1.54) is 23.6 Å². The maximum absolute atomic E-state index is 12.6. The number of sulfonamides is 1. The average molecular weight is 443 g/mol. The number of benzene rings is 2. The van der Waals surface area contributed by atoms with Gasteiger partial charge in [-0.3, -0.25) is 4.79 Å². The minimum absolute atomic E-state index is 0.138. The Hall–Kier alpha value is -2.58. The van der Waals surface area contributed by atoms with Gasteiger partial charge in [-0.15, -0.1) is 0 Å². The van der Waals surface area contributed by atoms with Gasteiger partial charge in [0.25, 0.3) is 0 Å². The van der Waals surface area contributed by atoms with Crippen LogP contribution in [0.2, 0.25) is 0 Å². The van der Waals surface area contributed by atoms with Crippen LogP contribution in [0.1, 0.15) is 32.1 Å². The van der Waals surface area contributed by atoms with E-state index in [0.717, 1.165) is 37.3 Å². The molecule has 0 unspecified atom stereocenters. The summed E-state index contributed by atoms with van der Waals surface area (Å²) < 4.78 is 26.7. The van der Waals surface area contributed by atoms with Crippen LogP contribution in [0.3, 0.4) is 0 Å². The average Bonchev–Trinajstić information content (AvgIpc) is 3.35. The van der Waals surface area contributed by atoms with E-state index < -0.39 is 10.0 Å². The molecule has 1 amide bonds. The highest BCUT2D eigenvalue weighted by molar-refractivity contribution is 7.89. The normalized spacial score (nSPS) is 17.5. The van der Waals surface area contributed by atoms with Crippen molar-refractivity contribution in [2.45, 2.75) is 37.0 Å².